The Labute approximate surface area is 151 Å². The molecule has 8 nitrogen and oxygen atoms in total. The van der Waals surface area contributed by atoms with Crippen LogP contribution in [0, 0.1) is 17.2 Å². The van der Waals surface area contributed by atoms with Crippen LogP contribution in [0.2, 0.25) is 0 Å². The van der Waals surface area contributed by atoms with Gasteiger partial charge in [0.25, 0.3) is 5.91 Å². The van der Waals surface area contributed by atoms with Crippen LogP contribution < -0.4 is 15.4 Å². The van der Waals surface area contributed by atoms with E-state index in [1.165, 1.54) is 13.2 Å². The Morgan fingerprint density at radius 2 is 2.04 bits per heavy atom. The van der Waals surface area contributed by atoms with Gasteiger partial charge in [-0.3, -0.25) is 10.1 Å². The summed E-state index contributed by atoms with van der Waals surface area (Å²) in [6.07, 6.45) is 1.32. The first kappa shape index (κ1) is 20.7. The van der Waals surface area contributed by atoms with Crippen molar-refractivity contribution in [2.75, 3.05) is 20.3 Å². The Morgan fingerprint density at radius 3 is 2.65 bits per heavy atom. The number of esters is 1. The van der Waals surface area contributed by atoms with E-state index in [2.05, 4.69) is 5.32 Å². The van der Waals surface area contributed by atoms with Crippen LogP contribution in [-0.4, -0.2) is 38.2 Å². The van der Waals surface area contributed by atoms with Gasteiger partial charge in [0.2, 0.25) is 0 Å². The number of hydrogen-bond donors (Lipinski definition) is 2. The van der Waals surface area contributed by atoms with E-state index in [4.69, 9.17) is 14.7 Å². The second kappa shape index (κ2) is 10.5. The molecule has 0 spiro atoms. The number of carbonyl (C=O) groups excluding carboxylic acids is 3. The molecule has 138 valence electrons. The normalized spacial score (nSPS) is 10.7. The maximum atomic E-state index is 11.9. The summed E-state index contributed by atoms with van der Waals surface area (Å²) < 4.78 is 9.82. The average molecular weight is 359 g/mol. The van der Waals surface area contributed by atoms with E-state index < -0.39 is 24.5 Å². The van der Waals surface area contributed by atoms with E-state index in [1.807, 2.05) is 19.2 Å². The quantitative estimate of drug-likeness (QED) is 0.434. The highest BCUT2D eigenvalue weighted by Gasteiger charge is 2.15. The molecule has 0 aromatic heterocycles. The SMILES string of the molecule is COc1cccc(/C=C(\C#N)C(=O)OCC(=O)NC(=O)NCC(C)C)c1. The lowest BCUT2D eigenvalue weighted by atomic mass is 10.1. The molecule has 1 rings (SSSR count). The third kappa shape index (κ3) is 7.49. The van der Waals surface area contributed by atoms with Crippen molar-refractivity contribution < 1.29 is 23.9 Å². The summed E-state index contributed by atoms with van der Waals surface area (Å²) in [5.74, 6) is -0.962. The lowest BCUT2D eigenvalue weighted by Gasteiger charge is -2.08. The first-order chi connectivity index (χ1) is 12.3. The molecule has 26 heavy (non-hydrogen) atoms. The summed E-state index contributed by atoms with van der Waals surface area (Å²) in [7, 11) is 1.50. The lowest BCUT2D eigenvalue weighted by Crippen LogP contribution is -2.42. The number of benzene rings is 1. The smallest absolute Gasteiger partial charge is 0.349 e. The highest BCUT2D eigenvalue weighted by molar-refractivity contribution is 6.00. The number of urea groups is 1. The van der Waals surface area contributed by atoms with Gasteiger partial charge in [-0.05, 0) is 29.7 Å². The zero-order valence-electron chi connectivity index (χ0n) is 14.9. The number of ether oxygens (including phenoxy) is 2. The van der Waals surface area contributed by atoms with Gasteiger partial charge in [0.05, 0.1) is 7.11 Å². The third-order valence-corrected chi connectivity index (χ3v) is 3.00. The fraction of sp³-hybridized carbons (Fsp3) is 0.333. The summed E-state index contributed by atoms with van der Waals surface area (Å²) in [5, 5.41) is 13.6. The molecule has 3 amide bonds. The van der Waals surface area contributed by atoms with Crippen LogP contribution >= 0.6 is 0 Å². The fourth-order valence-electron chi connectivity index (χ4n) is 1.75. The van der Waals surface area contributed by atoms with Crippen molar-refractivity contribution in [1.29, 1.82) is 5.26 Å². The molecule has 0 radical (unpaired) electrons. The van der Waals surface area contributed by atoms with Gasteiger partial charge in [-0.15, -0.1) is 0 Å². The predicted octanol–water partition coefficient (Wildman–Crippen LogP) is 1.63. The molecule has 0 aliphatic carbocycles. The van der Waals surface area contributed by atoms with Crippen molar-refractivity contribution in [3.8, 4) is 11.8 Å². The van der Waals surface area contributed by atoms with Gasteiger partial charge in [0, 0.05) is 6.54 Å². The minimum absolute atomic E-state index is 0.230. The molecule has 0 fully saturated rings. The largest absolute Gasteiger partial charge is 0.497 e. The second-order valence-electron chi connectivity index (χ2n) is 5.67. The first-order valence-corrected chi connectivity index (χ1v) is 7.86. The lowest BCUT2D eigenvalue weighted by molar-refractivity contribution is -0.144. The number of nitrogens with zero attached hydrogens (tertiary/aromatic N) is 1. The number of imide groups is 1. The Hall–Kier alpha value is -3.34. The average Bonchev–Trinajstić information content (AvgIpc) is 2.62. The summed E-state index contributed by atoms with van der Waals surface area (Å²) in [5.41, 5.74) is 0.283. The minimum Gasteiger partial charge on any atom is -0.497 e. The van der Waals surface area contributed by atoms with Gasteiger partial charge in [-0.2, -0.15) is 5.26 Å². The van der Waals surface area contributed by atoms with Gasteiger partial charge in [0.1, 0.15) is 17.4 Å². The van der Waals surface area contributed by atoms with Crippen molar-refractivity contribution in [1.82, 2.24) is 10.6 Å². The van der Waals surface area contributed by atoms with Crippen LogP contribution in [0.4, 0.5) is 4.79 Å². The molecular formula is C18H21N3O5. The van der Waals surface area contributed by atoms with Crippen molar-refractivity contribution in [3.63, 3.8) is 0 Å². The van der Waals surface area contributed by atoms with Crippen LogP contribution in [0.3, 0.4) is 0 Å². The van der Waals surface area contributed by atoms with Crippen LogP contribution in [0.25, 0.3) is 6.08 Å². The van der Waals surface area contributed by atoms with Gasteiger partial charge < -0.3 is 14.8 Å². The fourth-order valence-corrected chi connectivity index (χ4v) is 1.75. The number of nitrogens with one attached hydrogen (secondary N) is 2. The van der Waals surface area contributed by atoms with Crippen molar-refractivity contribution in [3.05, 3.63) is 35.4 Å². The standard InChI is InChI=1S/C18H21N3O5/c1-12(2)10-20-18(24)21-16(22)11-26-17(23)14(9-19)7-13-5-4-6-15(8-13)25-3/h4-8,12H,10-11H2,1-3H3,(H2,20,21,22,24)/b14-7+. The number of nitriles is 1. The van der Waals surface area contributed by atoms with Gasteiger partial charge >= 0.3 is 12.0 Å². The predicted molar refractivity (Wildman–Crippen MR) is 93.9 cm³/mol. The van der Waals surface area contributed by atoms with Crippen molar-refractivity contribution in [2.45, 2.75) is 13.8 Å². The molecule has 8 heteroatoms. The molecule has 0 bridgehead atoms. The van der Waals surface area contributed by atoms with Crippen molar-refractivity contribution in [2.24, 2.45) is 5.92 Å². The molecule has 0 heterocycles. The van der Waals surface area contributed by atoms with E-state index in [0.29, 0.717) is 17.9 Å². The molecule has 1 aromatic carbocycles. The first-order valence-electron chi connectivity index (χ1n) is 7.86. The number of rotatable bonds is 7. The molecule has 2 N–H and O–H groups in total. The summed E-state index contributed by atoms with van der Waals surface area (Å²) in [4.78, 5) is 34.9. The molecule has 0 aliphatic rings. The van der Waals surface area contributed by atoms with Gasteiger partial charge in [-0.1, -0.05) is 26.0 Å². The number of carbonyl (C=O) groups is 3. The molecule has 0 unspecified atom stereocenters. The Kier molecular flexibility index (Phi) is 8.37. The number of methoxy groups -OCH3 is 1. The van der Waals surface area contributed by atoms with E-state index in [9.17, 15) is 14.4 Å². The van der Waals surface area contributed by atoms with E-state index >= 15 is 0 Å². The Bertz CT molecular complexity index is 735. The van der Waals surface area contributed by atoms with E-state index in [0.717, 1.165) is 0 Å². The monoisotopic (exact) mass is 359 g/mol. The van der Waals surface area contributed by atoms with Crippen LogP contribution in [-0.2, 0) is 14.3 Å². The van der Waals surface area contributed by atoms with Gasteiger partial charge in [0.15, 0.2) is 6.61 Å². The topological polar surface area (TPSA) is 118 Å². The van der Waals surface area contributed by atoms with Crippen LogP contribution in [0.5, 0.6) is 5.75 Å². The van der Waals surface area contributed by atoms with Crippen LogP contribution in [0.1, 0.15) is 19.4 Å². The number of hydrogen-bond acceptors (Lipinski definition) is 6. The van der Waals surface area contributed by atoms with E-state index in [-0.39, 0.29) is 11.5 Å². The summed E-state index contributed by atoms with van der Waals surface area (Å²) in [6.45, 7) is 3.54. The third-order valence-electron chi connectivity index (χ3n) is 3.00. The highest BCUT2D eigenvalue weighted by Crippen LogP contribution is 2.15. The molecule has 0 aliphatic heterocycles. The maximum absolute atomic E-state index is 11.9. The molecule has 0 atom stereocenters. The van der Waals surface area contributed by atoms with Gasteiger partial charge in [-0.25, -0.2) is 9.59 Å². The molecule has 0 saturated heterocycles. The second-order valence-corrected chi connectivity index (χ2v) is 5.67. The summed E-state index contributed by atoms with van der Waals surface area (Å²) >= 11 is 0. The maximum Gasteiger partial charge on any atom is 0.349 e. The zero-order chi connectivity index (χ0) is 19.5. The minimum atomic E-state index is -0.965. The number of amides is 3. The Morgan fingerprint density at radius 1 is 1.31 bits per heavy atom. The molecule has 0 saturated carbocycles. The van der Waals surface area contributed by atoms with Crippen LogP contribution in [0.15, 0.2) is 29.8 Å². The zero-order valence-corrected chi connectivity index (χ0v) is 14.9. The highest BCUT2D eigenvalue weighted by atomic mass is 16.5. The Balaban J connectivity index is 2.59. The molecule has 1 aromatic rings. The molecular weight excluding hydrogens is 338 g/mol. The summed E-state index contributed by atoms with van der Waals surface area (Å²) in [6, 6.07) is 7.78. The van der Waals surface area contributed by atoms with Crippen molar-refractivity contribution >= 4 is 24.0 Å². The van der Waals surface area contributed by atoms with E-state index in [1.54, 1.807) is 30.3 Å².